The molecule has 57 heavy (non-hydrogen) atoms. The van der Waals surface area contributed by atoms with Gasteiger partial charge >= 0.3 is 6.09 Å². The number of pyridine rings is 1. The van der Waals surface area contributed by atoms with E-state index in [1.807, 2.05) is 25.1 Å². The second-order valence-corrected chi connectivity index (χ2v) is 18.5. The summed E-state index contributed by atoms with van der Waals surface area (Å²) in [6.45, 7) is 5.24. The summed E-state index contributed by atoms with van der Waals surface area (Å²) in [7, 11) is -2.50. The first-order valence-corrected chi connectivity index (χ1v) is 20.8. The predicted octanol–water partition coefficient (Wildman–Crippen LogP) is 4.92. The monoisotopic (exact) mass is 805 g/mol. The number of sulfonamides is 1. The van der Waals surface area contributed by atoms with Crippen molar-refractivity contribution in [3.8, 4) is 22.9 Å². The molecule has 7 atom stereocenters. The number of benzene rings is 2. The molecule has 0 bridgehead atoms. The van der Waals surface area contributed by atoms with Crippen LogP contribution in [0.15, 0.2) is 60.7 Å². The first-order chi connectivity index (χ1) is 27.0. The number of amides is 4. The number of nitrogens with zero attached hydrogens (tertiary/aromatic N) is 2. The van der Waals surface area contributed by atoms with Crippen molar-refractivity contribution in [2.45, 2.75) is 94.2 Å². The Labute approximate surface area is 330 Å². The van der Waals surface area contributed by atoms with E-state index in [0.717, 1.165) is 0 Å². The van der Waals surface area contributed by atoms with Gasteiger partial charge in [-0.2, -0.15) is 0 Å². The summed E-state index contributed by atoms with van der Waals surface area (Å²) >= 11 is 0. The third-order valence-electron chi connectivity index (χ3n) is 11.9. The Morgan fingerprint density at radius 3 is 2.49 bits per heavy atom. The highest BCUT2D eigenvalue weighted by Crippen LogP contribution is 2.48. The lowest BCUT2D eigenvalue weighted by molar-refractivity contribution is -0.142. The standard InChI is InChI=1S/C41H48FN5O9S/c1-23-7-5-6-8-27-21-41(27,38(50)46-57(53,54)40(3)15-16-40)45-35(48)33-20-30(22-47(33)37(49)34(24(2)17-23)44-39(51)52)56-36-31-14-13-29(55-4)18-26(31)19-32(43-36)25-9-11-28(42)12-10-25/h6,8-14,18-19,23-24,27,30,33-34,44H,5,7,15-17,20-22H2,1-4H3,(H,45,48)(H,46,50)(H,51,52)/t23-,24-,27-,30-,33+,34+,41-/m1/s1. The molecule has 2 aliphatic heterocycles. The smallest absolute Gasteiger partial charge is 0.405 e. The average Bonchev–Trinajstić information content (AvgIpc) is 4.05. The molecule has 0 unspecified atom stereocenters. The number of methoxy groups -OCH3 is 1. The van der Waals surface area contributed by atoms with Crippen molar-refractivity contribution in [1.82, 2.24) is 25.2 Å². The van der Waals surface area contributed by atoms with Gasteiger partial charge < -0.3 is 30.1 Å². The van der Waals surface area contributed by atoms with Gasteiger partial charge in [-0.3, -0.25) is 19.1 Å². The molecule has 4 N–H and O–H groups in total. The summed E-state index contributed by atoms with van der Waals surface area (Å²) in [6, 6.07) is 10.5. The minimum absolute atomic E-state index is 0.0587. The molecule has 16 heteroatoms. The molecule has 3 heterocycles. The number of allylic oxidation sites excluding steroid dienone is 1. The van der Waals surface area contributed by atoms with Crippen LogP contribution in [-0.4, -0.2) is 89.4 Å². The lowest BCUT2D eigenvalue weighted by atomic mass is 9.88. The third-order valence-corrected chi connectivity index (χ3v) is 14.1. The van der Waals surface area contributed by atoms with Gasteiger partial charge in [-0.05, 0) is 111 Å². The van der Waals surface area contributed by atoms with Crippen LogP contribution in [0.4, 0.5) is 9.18 Å². The largest absolute Gasteiger partial charge is 0.497 e. The van der Waals surface area contributed by atoms with E-state index in [1.54, 1.807) is 44.2 Å². The Morgan fingerprint density at radius 1 is 1.07 bits per heavy atom. The van der Waals surface area contributed by atoms with E-state index >= 15 is 0 Å². The lowest BCUT2D eigenvalue weighted by Gasteiger charge is -2.32. The minimum atomic E-state index is -4.04. The zero-order valence-electron chi connectivity index (χ0n) is 32.3. The van der Waals surface area contributed by atoms with Crippen LogP contribution in [0, 0.1) is 23.6 Å². The molecule has 14 nitrogen and oxygen atoms in total. The number of ether oxygens (including phenoxy) is 2. The second-order valence-electron chi connectivity index (χ2n) is 16.3. The number of halogens is 1. The van der Waals surface area contributed by atoms with Gasteiger partial charge in [-0.25, -0.2) is 22.6 Å². The number of carboxylic acid groups (broad SMARTS) is 1. The molecule has 4 aliphatic rings. The molecule has 2 saturated carbocycles. The maximum absolute atomic E-state index is 14.6. The van der Waals surface area contributed by atoms with Crippen LogP contribution in [0.1, 0.15) is 65.7 Å². The first kappa shape index (κ1) is 40.0. The van der Waals surface area contributed by atoms with Crippen LogP contribution in [0.5, 0.6) is 11.6 Å². The molecule has 4 amide bonds. The van der Waals surface area contributed by atoms with Crippen LogP contribution in [-0.2, 0) is 24.4 Å². The summed E-state index contributed by atoms with van der Waals surface area (Å²) in [4.78, 5) is 61.1. The topological polar surface area (TPSA) is 193 Å². The second kappa shape index (κ2) is 15.3. The molecular weight excluding hydrogens is 758 g/mol. The van der Waals surface area contributed by atoms with Crippen molar-refractivity contribution in [3.63, 3.8) is 0 Å². The molecule has 2 aliphatic carbocycles. The Morgan fingerprint density at radius 2 is 1.81 bits per heavy atom. The Balaban J connectivity index is 1.25. The molecule has 3 fully saturated rings. The zero-order valence-corrected chi connectivity index (χ0v) is 33.1. The summed E-state index contributed by atoms with van der Waals surface area (Å²) in [5, 5.41) is 16.4. The molecular formula is C41H48FN5O9S. The number of nitrogens with one attached hydrogen (secondary N) is 3. The van der Waals surface area contributed by atoms with Crippen LogP contribution in [0.25, 0.3) is 22.0 Å². The lowest BCUT2D eigenvalue weighted by Crippen LogP contribution is -2.59. The third kappa shape index (κ3) is 8.14. The van der Waals surface area contributed by atoms with Crippen molar-refractivity contribution in [2.24, 2.45) is 17.8 Å². The van der Waals surface area contributed by atoms with Crippen LogP contribution < -0.4 is 24.8 Å². The van der Waals surface area contributed by atoms with Gasteiger partial charge in [0.1, 0.15) is 35.3 Å². The van der Waals surface area contributed by atoms with E-state index in [1.165, 1.54) is 24.1 Å². The number of hydrogen-bond donors (Lipinski definition) is 4. The number of hydrogen-bond acceptors (Lipinski definition) is 9. The Hall–Kier alpha value is -5.25. The summed E-state index contributed by atoms with van der Waals surface area (Å²) in [5.41, 5.74) is -0.505. The van der Waals surface area contributed by atoms with Gasteiger partial charge in [0, 0.05) is 23.3 Å². The van der Waals surface area contributed by atoms with Crippen molar-refractivity contribution < 1.29 is 46.6 Å². The molecule has 1 saturated heterocycles. The van der Waals surface area contributed by atoms with Crippen LogP contribution in [0.3, 0.4) is 0 Å². The Kier molecular flexibility index (Phi) is 10.7. The quantitative estimate of drug-likeness (QED) is 0.227. The molecule has 0 radical (unpaired) electrons. The molecule has 1 aromatic heterocycles. The van der Waals surface area contributed by atoms with E-state index < -0.39 is 80.0 Å². The summed E-state index contributed by atoms with van der Waals surface area (Å²) < 4.78 is 53.4. The van der Waals surface area contributed by atoms with Crippen molar-refractivity contribution in [1.29, 1.82) is 0 Å². The SMILES string of the molecule is COc1ccc2c(O[C@@H]3C[C@H]4C(=O)N[C@]5(C(=O)NS(=O)(=O)C6(C)CC6)C[C@H]5C=CCC[C@@H](C)C[C@@H](C)[C@H](NC(=O)O)C(=O)N4C3)nc(-c3ccc(F)cc3)cc2c1. The maximum Gasteiger partial charge on any atom is 0.405 e. The van der Waals surface area contributed by atoms with Gasteiger partial charge in [0.2, 0.25) is 27.7 Å². The van der Waals surface area contributed by atoms with E-state index in [2.05, 4.69) is 15.4 Å². The average molecular weight is 806 g/mol. The molecule has 2 aromatic carbocycles. The summed E-state index contributed by atoms with van der Waals surface area (Å²) in [5.74, 6) is -2.70. The normalized spacial score (nSPS) is 28.5. The zero-order chi connectivity index (χ0) is 40.9. The molecule has 7 rings (SSSR count). The van der Waals surface area contributed by atoms with Crippen molar-refractivity contribution in [3.05, 3.63) is 66.5 Å². The highest BCUT2D eigenvalue weighted by molar-refractivity contribution is 7.91. The first-order valence-electron chi connectivity index (χ1n) is 19.3. The Bertz CT molecular complexity index is 2230. The van der Waals surface area contributed by atoms with Crippen molar-refractivity contribution >= 4 is 44.6 Å². The number of aromatic nitrogens is 1. The van der Waals surface area contributed by atoms with Gasteiger partial charge in [-0.1, -0.05) is 26.0 Å². The van der Waals surface area contributed by atoms with E-state index in [0.29, 0.717) is 59.9 Å². The van der Waals surface area contributed by atoms with Gasteiger partial charge in [0.05, 0.1) is 24.1 Å². The fraction of sp³-hybridized carbons (Fsp3) is 0.488. The molecule has 0 spiro atoms. The maximum atomic E-state index is 14.6. The van der Waals surface area contributed by atoms with Gasteiger partial charge in [0.15, 0.2) is 0 Å². The molecule has 304 valence electrons. The van der Waals surface area contributed by atoms with Crippen molar-refractivity contribution in [2.75, 3.05) is 13.7 Å². The number of fused-ring (bicyclic) bond motifs is 3. The van der Waals surface area contributed by atoms with E-state index in [9.17, 15) is 37.1 Å². The fourth-order valence-electron chi connectivity index (χ4n) is 8.08. The number of rotatable bonds is 8. The number of carbonyl (C=O) groups excluding carboxylic acids is 3. The van der Waals surface area contributed by atoms with Gasteiger partial charge in [-0.15, -0.1) is 0 Å². The fourth-order valence-corrected chi connectivity index (χ4v) is 9.39. The highest BCUT2D eigenvalue weighted by atomic mass is 32.2. The number of carbonyl (C=O) groups is 4. The van der Waals surface area contributed by atoms with Gasteiger partial charge in [0.25, 0.3) is 5.91 Å². The molecule has 3 aromatic rings. The highest BCUT2D eigenvalue weighted by Gasteiger charge is 2.63. The van der Waals surface area contributed by atoms with E-state index in [4.69, 9.17) is 14.5 Å². The van der Waals surface area contributed by atoms with Crippen LogP contribution >= 0.6 is 0 Å². The summed E-state index contributed by atoms with van der Waals surface area (Å²) in [6.07, 6.45) is 4.28. The van der Waals surface area contributed by atoms with Crippen LogP contribution in [0.2, 0.25) is 0 Å². The predicted molar refractivity (Wildman–Crippen MR) is 208 cm³/mol. The minimum Gasteiger partial charge on any atom is -0.497 e. The van der Waals surface area contributed by atoms with E-state index in [-0.39, 0.29) is 31.2 Å².